The highest BCUT2D eigenvalue weighted by Crippen LogP contribution is 2.23. The van der Waals surface area contributed by atoms with E-state index in [1.165, 1.54) is 6.07 Å². The van der Waals surface area contributed by atoms with Gasteiger partial charge in [0.25, 0.3) is 0 Å². The van der Waals surface area contributed by atoms with E-state index >= 15 is 0 Å². The lowest BCUT2D eigenvalue weighted by molar-refractivity contribution is 0.455. The lowest BCUT2D eigenvalue weighted by Crippen LogP contribution is -1.98. The Labute approximate surface area is 105 Å². The molecule has 18 heavy (non-hydrogen) atoms. The van der Waals surface area contributed by atoms with Gasteiger partial charge >= 0.3 is 0 Å². The first kappa shape index (κ1) is 12.3. The SMILES string of the molecule is CNc1cc(Oc2ccc(C)c(F)c2)nc(C)n1. The van der Waals surface area contributed by atoms with Crippen LogP contribution in [0.2, 0.25) is 0 Å². The van der Waals surface area contributed by atoms with Crippen molar-refractivity contribution in [2.24, 2.45) is 0 Å². The van der Waals surface area contributed by atoms with Crippen molar-refractivity contribution < 1.29 is 9.13 Å². The van der Waals surface area contributed by atoms with Gasteiger partial charge in [-0.05, 0) is 25.5 Å². The Morgan fingerprint density at radius 1 is 1.17 bits per heavy atom. The molecule has 0 fully saturated rings. The van der Waals surface area contributed by atoms with Crippen LogP contribution < -0.4 is 10.1 Å². The maximum atomic E-state index is 13.4. The molecule has 0 radical (unpaired) electrons. The third-order valence-corrected chi connectivity index (χ3v) is 2.44. The van der Waals surface area contributed by atoms with E-state index in [1.807, 2.05) is 0 Å². The molecule has 4 nitrogen and oxygen atoms in total. The van der Waals surface area contributed by atoms with Crippen LogP contribution >= 0.6 is 0 Å². The van der Waals surface area contributed by atoms with Gasteiger partial charge in [0, 0.05) is 19.2 Å². The number of aromatic nitrogens is 2. The zero-order chi connectivity index (χ0) is 13.1. The van der Waals surface area contributed by atoms with E-state index in [0.717, 1.165) is 0 Å². The summed E-state index contributed by atoms with van der Waals surface area (Å²) < 4.78 is 18.9. The molecule has 0 bridgehead atoms. The molecule has 1 aromatic heterocycles. The maximum absolute atomic E-state index is 13.4. The predicted octanol–water partition coefficient (Wildman–Crippen LogP) is 3.07. The number of nitrogens with one attached hydrogen (secondary N) is 1. The first-order chi connectivity index (χ1) is 8.58. The third kappa shape index (κ3) is 2.74. The first-order valence-electron chi connectivity index (χ1n) is 5.56. The number of ether oxygens (including phenoxy) is 1. The van der Waals surface area contributed by atoms with Gasteiger partial charge in [-0.1, -0.05) is 6.07 Å². The molecule has 0 amide bonds. The molecule has 0 aliphatic carbocycles. The molecule has 5 heteroatoms. The van der Waals surface area contributed by atoms with Crippen LogP contribution in [0.15, 0.2) is 24.3 Å². The largest absolute Gasteiger partial charge is 0.439 e. The van der Waals surface area contributed by atoms with Gasteiger partial charge < -0.3 is 10.1 Å². The Morgan fingerprint density at radius 3 is 2.61 bits per heavy atom. The minimum atomic E-state index is -0.299. The summed E-state index contributed by atoms with van der Waals surface area (Å²) in [6.07, 6.45) is 0. The quantitative estimate of drug-likeness (QED) is 0.905. The minimum Gasteiger partial charge on any atom is -0.439 e. The van der Waals surface area contributed by atoms with Gasteiger partial charge in [0.1, 0.15) is 23.2 Å². The number of aryl methyl sites for hydroxylation is 2. The van der Waals surface area contributed by atoms with E-state index < -0.39 is 0 Å². The molecule has 1 heterocycles. The Kier molecular flexibility index (Phi) is 3.41. The van der Waals surface area contributed by atoms with Crippen molar-refractivity contribution in [1.29, 1.82) is 0 Å². The molecule has 2 aromatic rings. The topological polar surface area (TPSA) is 47.0 Å². The van der Waals surface area contributed by atoms with Crippen molar-refractivity contribution in [3.8, 4) is 11.6 Å². The fourth-order valence-electron chi connectivity index (χ4n) is 1.48. The molecule has 0 atom stereocenters. The number of hydrogen-bond acceptors (Lipinski definition) is 4. The highest BCUT2D eigenvalue weighted by molar-refractivity contribution is 5.39. The second-order valence-corrected chi connectivity index (χ2v) is 3.90. The van der Waals surface area contributed by atoms with Gasteiger partial charge in [0.2, 0.25) is 5.88 Å². The summed E-state index contributed by atoms with van der Waals surface area (Å²) in [7, 11) is 1.76. The molecule has 2 rings (SSSR count). The molecule has 0 aliphatic rings. The molecule has 94 valence electrons. The maximum Gasteiger partial charge on any atom is 0.224 e. The molecule has 1 aromatic carbocycles. The lowest BCUT2D eigenvalue weighted by atomic mass is 10.2. The lowest BCUT2D eigenvalue weighted by Gasteiger charge is -2.08. The third-order valence-electron chi connectivity index (χ3n) is 2.44. The van der Waals surface area contributed by atoms with Crippen LogP contribution in [0.3, 0.4) is 0 Å². The van der Waals surface area contributed by atoms with Crippen molar-refractivity contribution in [3.05, 3.63) is 41.5 Å². The van der Waals surface area contributed by atoms with Crippen molar-refractivity contribution in [2.45, 2.75) is 13.8 Å². The van der Waals surface area contributed by atoms with E-state index in [4.69, 9.17) is 4.74 Å². The number of nitrogens with zero attached hydrogens (tertiary/aromatic N) is 2. The number of anilines is 1. The Morgan fingerprint density at radius 2 is 1.94 bits per heavy atom. The van der Waals surface area contributed by atoms with Gasteiger partial charge in [-0.2, -0.15) is 4.98 Å². The molecule has 0 saturated heterocycles. The second kappa shape index (κ2) is 5.00. The molecular formula is C13H14FN3O. The van der Waals surface area contributed by atoms with Gasteiger partial charge in [0.05, 0.1) is 0 Å². The Hall–Kier alpha value is -2.17. The van der Waals surface area contributed by atoms with E-state index in [0.29, 0.717) is 28.8 Å². The van der Waals surface area contributed by atoms with Crippen molar-refractivity contribution in [3.63, 3.8) is 0 Å². The van der Waals surface area contributed by atoms with E-state index in [-0.39, 0.29) is 5.82 Å². The van der Waals surface area contributed by atoms with Crippen LogP contribution in [-0.4, -0.2) is 17.0 Å². The van der Waals surface area contributed by atoms with Crippen LogP contribution in [-0.2, 0) is 0 Å². The van der Waals surface area contributed by atoms with Crippen LogP contribution in [0.4, 0.5) is 10.2 Å². The van der Waals surface area contributed by atoms with E-state index in [2.05, 4.69) is 15.3 Å². The minimum absolute atomic E-state index is 0.299. The molecule has 0 spiro atoms. The molecule has 0 unspecified atom stereocenters. The summed E-state index contributed by atoms with van der Waals surface area (Å²) >= 11 is 0. The number of rotatable bonds is 3. The van der Waals surface area contributed by atoms with E-state index in [9.17, 15) is 4.39 Å². The first-order valence-corrected chi connectivity index (χ1v) is 5.56. The average Bonchev–Trinajstić information content (AvgIpc) is 2.33. The second-order valence-electron chi connectivity index (χ2n) is 3.90. The van der Waals surface area contributed by atoms with Gasteiger partial charge in [-0.25, -0.2) is 9.37 Å². The number of hydrogen-bond donors (Lipinski definition) is 1. The van der Waals surface area contributed by atoms with Crippen LogP contribution in [0.25, 0.3) is 0 Å². The highest BCUT2D eigenvalue weighted by Gasteiger charge is 2.05. The van der Waals surface area contributed by atoms with Gasteiger partial charge in [-0.3, -0.25) is 0 Å². The van der Waals surface area contributed by atoms with Gasteiger partial charge in [0.15, 0.2) is 0 Å². The predicted molar refractivity (Wildman–Crippen MR) is 67.5 cm³/mol. The summed E-state index contributed by atoms with van der Waals surface area (Å²) in [5.41, 5.74) is 0.581. The zero-order valence-electron chi connectivity index (χ0n) is 10.5. The summed E-state index contributed by atoms with van der Waals surface area (Å²) in [4.78, 5) is 8.28. The molecule has 1 N–H and O–H groups in total. The standard InChI is InChI=1S/C13H14FN3O/c1-8-4-5-10(6-11(8)14)18-13-7-12(15-3)16-9(2)17-13/h4-7H,1-3H3,(H,15,16,17). The highest BCUT2D eigenvalue weighted by atomic mass is 19.1. The zero-order valence-corrected chi connectivity index (χ0v) is 10.5. The van der Waals surface area contributed by atoms with Crippen molar-refractivity contribution in [2.75, 3.05) is 12.4 Å². The van der Waals surface area contributed by atoms with E-state index in [1.54, 1.807) is 39.1 Å². The smallest absolute Gasteiger partial charge is 0.224 e. The molecule has 0 aliphatic heterocycles. The summed E-state index contributed by atoms with van der Waals surface area (Å²) in [6, 6.07) is 6.36. The Bertz CT molecular complexity index is 572. The fourth-order valence-corrected chi connectivity index (χ4v) is 1.48. The fraction of sp³-hybridized carbons (Fsp3) is 0.231. The summed E-state index contributed by atoms with van der Waals surface area (Å²) in [5.74, 6) is 1.75. The molecular weight excluding hydrogens is 233 g/mol. The van der Waals surface area contributed by atoms with Crippen molar-refractivity contribution in [1.82, 2.24) is 9.97 Å². The van der Waals surface area contributed by atoms with Crippen LogP contribution in [0.5, 0.6) is 11.6 Å². The van der Waals surface area contributed by atoms with Crippen LogP contribution in [0.1, 0.15) is 11.4 Å². The molecule has 0 saturated carbocycles. The van der Waals surface area contributed by atoms with Crippen LogP contribution in [0, 0.1) is 19.7 Å². The summed E-state index contributed by atoms with van der Waals surface area (Å²) in [6.45, 7) is 3.47. The number of benzene rings is 1. The van der Waals surface area contributed by atoms with Crippen molar-refractivity contribution >= 4 is 5.82 Å². The average molecular weight is 247 g/mol. The number of halogens is 1. The normalized spacial score (nSPS) is 10.2. The summed E-state index contributed by atoms with van der Waals surface area (Å²) in [5, 5.41) is 2.91. The van der Waals surface area contributed by atoms with Gasteiger partial charge in [-0.15, -0.1) is 0 Å². The Balaban J connectivity index is 2.27. The monoisotopic (exact) mass is 247 g/mol.